The molecule has 1 fully saturated rings. The van der Waals surface area contributed by atoms with E-state index in [1.54, 1.807) is 0 Å². The first-order valence-corrected chi connectivity index (χ1v) is 11.6. The van der Waals surface area contributed by atoms with Crippen LogP contribution in [0.5, 0.6) is 5.75 Å². The van der Waals surface area contributed by atoms with Crippen molar-refractivity contribution in [3.63, 3.8) is 0 Å². The smallest absolute Gasteiger partial charge is 0.311 e. The summed E-state index contributed by atoms with van der Waals surface area (Å²) in [6.45, 7) is 4.17. The summed E-state index contributed by atoms with van der Waals surface area (Å²) in [7, 11) is 0. The van der Waals surface area contributed by atoms with E-state index in [9.17, 15) is 4.79 Å². The van der Waals surface area contributed by atoms with E-state index in [1.807, 2.05) is 60.7 Å². The minimum atomic E-state index is -0.689. The Morgan fingerprint density at radius 2 is 1.66 bits per heavy atom. The lowest BCUT2D eigenvalue weighted by molar-refractivity contribution is -0.149. The third kappa shape index (κ3) is 6.10. The van der Waals surface area contributed by atoms with Crippen LogP contribution in [0.15, 0.2) is 60.7 Å². The monoisotopic (exact) mass is 582 g/mol. The average Bonchev–Trinajstić information content (AvgIpc) is 3.20. The molecule has 0 spiro atoms. The molecule has 0 N–H and O–H groups in total. The zero-order valence-electron chi connectivity index (χ0n) is 16.1. The topological polar surface area (TPSA) is 35.5 Å². The van der Waals surface area contributed by atoms with Gasteiger partial charge in [0.25, 0.3) is 0 Å². The first kappa shape index (κ1) is 22.4. The molecule has 152 valence electrons. The molecule has 0 bridgehead atoms. The maximum atomic E-state index is 13.0. The largest absolute Gasteiger partial charge is 0.444 e. The van der Waals surface area contributed by atoms with Crippen LogP contribution in [0.1, 0.15) is 31.9 Å². The van der Waals surface area contributed by atoms with Crippen molar-refractivity contribution in [3.05, 3.63) is 66.2 Å². The fourth-order valence-corrected chi connectivity index (χ4v) is 4.52. The molecule has 0 heterocycles. The number of hydrogen-bond acceptors (Lipinski definition) is 3. The Bertz CT molecular complexity index is 896. The predicted octanol–water partition coefficient (Wildman–Crippen LogP) is 6.81. The lowest BCUT2D eigenvalue weighted by atomic mass is 10.1. The molecule has 0 aromatic heterocycles. The minimum absolute atomic E-state index is 0.132. The molecule has 3 atom stereocenters. The highest BCUT2D eigenvalue weighted by molar-refractivity contribution is 9.39. The third-order valence-electron chi connectivity index (χ3n) is 5.19. The predicted molar refractivity (Wildman–Crippen MR) is 125 cm³/mol. The molecule has 3 rings (SSSR count). The van der Waals surface area contributed by atoms with Crippen LogP contribution < -0.4 is 4.74 Å². The Kier molecular flexibility index (Phi) is 7.14. The van der Waals surface area contributed by atoms with Crippen LogP contribution in [-0.2, 0) is 9.53 Å². The van der Waals surface area contributed by atoms with E-state index in [0.29, 0.717) is 5.75 Å². The third-order valence-corrected chi connectivity index (χ3v) is 6.17. The fraction of sp³-hybridized carbons (Fsp3) is 0.348. The van der Waals surface area contributed by atoms with Gasteiger partial charge in [0.1, 0.15) is 14.0 Å². The van der Waals surface area contributed by atoms with Gasteiger partial charge in [-0.2, -0.15) is 0 Å². The maximum absolute atomic E-state index is 13.0. The maximum Gasteiger partial charge on any atom is 0.311 e. The number of benzene rings is 2. The SMILES string of the molecule is CC1(C)C(CC(Br)(Br)Br)C1C(=O)OC(C#COc1ccccc1)c1ccccc1. The Hall–Kier alpha value is -1.29. The Morgan fingerprint density at radius 1 is 1.07 bits per heavy atom. The lowest BCUT2D eigenvalue weighted by Gasteiger charge is -2.14. The average molecular weight is 585 g/mol. The van der Waals surface area contributed by atoms with E-state index >= 15 is 0 Å². The summed E-state index contributed by atoms with van der Waals surface area (Å²) >= 11 is 10.6. The van der Waals surface area contributed by atoms with Crippen molar-refractivity contribution in [2.75, 3.05) is 0 Å². The molecule has 2 aromatic rings. The van der Waals surface area contributed by atoms with Crippen molar-refractivity contribution in [1.82, 2.24) is 0 Å². The summed E-state index contributed by atoms with van der Waals surface area (Å²) < 4.78 is 10.9. The van der Waals surface area contributed by atoms with E-state index in [0.717, 1.165) is 12.0 Å². The second-order valence-corrected chi connectivity index (χ2v) is 14.9. The highest BCUT2D eigenvalue weighted by atomic mass is 80.0. The summed E-state index contributed by atoms with van der Waals surface area (Å²) in [4.78, 5) is 13.0. The highest BCUT2D eigenvalue weighted by Gasteiger charge is 2.63. The molecule has 0 aliphatic heterocycles. The molecule has 1 aliphatic rings. The van der Waals surface area contributed by atoms with Crippen molar-refractivity contribution in [2.45, 2.75) is 28.5 Å². The number of carbonyl (C=O) groups excluding carboxylic acids is 1. The van der Waals surface area contributed by atoms with Crippen LogP contribution in [0.2, 0.25) is 0 Å². The summed E-state index contributed by atoms with van der Waals surface area (Å²) in [5.41, 5.74) is 0.683. The number of carbonyl (C=O) groups is 1. The molecule has 0 amide bonds. The number of rotatable bonds is 5. The second-order valence-electron chi connectivity index (χ2n) is 7.61. The Morgan fingerprint density at radius 3 is 2.24 bits per heavy atom. The van der Waals surface area contributed by atoms with Crippen LogP contribution >= 0.6 is 47.8 Å². The molecule has 3 nitrogen and oxygen atoms in total. The van der Waals surface area contributed by atoms with Crippen molar-refractivity contribution in [3.8, 4) is 17.8 Å². The zero-order chi connectivity index (χ0) is 21.1. The lowest BCUT2D eigenvalue weighted by Crippen LogP contribution is -2.15. The number of halogens is 3. The van der Waals surface area contributed by atoms with Crippen LogP contribution in [0, 0.1) is 29.3 Å². The van der Waals surface area contributed by atoms with Crippen molar-refractivity contribution in [2.24, 2.45) is 17.3 Å². The number of para-hydroxylation sites is 1. The number of esters is 1. The van der Waals surface area contributed by atoms with Gasteiger partial charge in [-0.05, 0) is 35.8 Å². The van der Waals surface area contributed by atoms with Gasteiger partial charge in [-0.1, -0.05) is 110 Å². The normalized spacial score (nSPS) is 20.7. The van der Waals surface area contributed by atoms with Gasteiger partial charge in [0.15, 0.2) is 6.10 Å². The van der Waals surface area contributed by atoms with Crippen LogP contribution in [0.25, 0.3) is 0 Å². The van der Waals surface area contributed by atoms with E-state index < -0.39 is 6.10 Å². The van der Waals surface area contributed by atoms with E-state index in [2.05, 4.69) is 73.7 Å². The molecule has 2 aromatic carbocycles. The summed E-state index contributed by atoms with van der Waals surface area (Å²) in [5.74, 6) is 3.36. The van der Waals surface area contributed by atoms with Gasteiger partial charge in [0.2, 0.25) is 0 Å². The van der Waals surface area contributed by atoms with E-state index in [1.165, 1.54) is 0 Å². The summed E-state index contributed by atoms with van der Waals surface area (Å²) in [5, 5.41) is 0. The fourth-order valence-electron chi connectivity index (χ4n) is 3.47. The molecule has 1 aliphatic carbocycles. The van der Waals surface area contributed by atoms with E-state index in [4.69, 9.17) is 9.47 Å². The van der Waals surface area contributed by atoms with Gasteiger partial charge >= 0.3 is 5.97 Å². The summed E-state index contributed by atoms with van der Waals surface area (Å²) in [6.07, 6.45) is 2.75. The van der Waals surface area contributed by atoms with Gasteiger partial charge in [-0.15, -0.1) is 0 Å². The molecule has 3 unspecified atom stereocenters. The van der Waals surface area contributed by atoms with Crippen molar-refractivity contribution < 1.29 is 14.3 Å². The molecular formula is C23H21Br3O3. The Balaban J connectivity index is 1.73. The Labute approximate surface area is 196 Å². The van der Waals surface area contributed by atoms with Gasteiger partial charge < -0.3 is 9.47 Å². The van der Waals surface area contributed by atoms with Gasteiger partial charge in [0.05, 0.1) is 5.92 Å². The van der Waals surface area contributed by atoms with E-state index in [-0.39, 0.29) is 25.4 Å². The molecule has 0 saturated heterocycles. The van der Waals surface area contributed by atoms with Crippen LogP contribution in [-0.4, -0.2) is 8.11 Å². The second kappa shape index (κ2) is 9.24. The minimum Gasteiger partial charge on any atom is -0.444 e. The number of ether oxygens (including phenoxy) is 2. The summed E-state index contributed by atoms with van der Waals surface area (Å²) in [6, 6.07) is 18.8. The van der Waals surface area contributed by atoms with Gasteiger partial charge in [-0.25, -0.2) is 0 Å². The molecule has 29 heavy (non-hydrogen) atoms. The molecular weight excluding hydrogens is 564 g/mol. The zero-order valence-corrected chi connectivity index (χ0v) is 20.8. The highest BCUT2D eigenvalue weighted by Crippen LogP contribution is 2.64. The quantitative estimate of drug-likeness (QED) is 0.220. The standard InChI is InChI=1S/C23H21Br3O3/c1-22(2)18(15-23(24,25)26)20(22)21(27)29-19(16-9-5-3-6-10-16)13-14-28-17-11-7-4-8-12-17/h3-12,18-20H,15H2,1-2H3. The van der Waals surface area contributed by atoms with Crippen LogP contribution in [0.4, 0.5) is 0 Å². The van der Waals surface area contributed by atoms with Gasteiger partial charge in [-0.3, -0.25) is 4.79 Å². The first-order chi connectivity index (χ1) is 13.7. The molecule has 0 radical (unpaired) electrons. The number of hydrogen-bond donors (Lipinski definition) is 0. The van der Waals surface area contributed by atoms with Crippen molar-refractivity contribution in [1.29, 1.82) is 0 Å². The molecule has 1 saturated carbocycles. The first-order valence-electron chi connectivity index (χ1n) is 9.23. The molecule has 6 heteroatoms. The van der Waals surface area contributed by atoms with Gasteiger partial charge in [0, 0.05) is 5.56 Å². The number of alkyl halides is 3. The van der Waals surface area contributed by atoms with Crippen molar-refractivity contribution >= 4 is 53.8 Å². The van der Waals surface area contributed by atoms with Crippen LogP contribution in [0.3, 0.4) is 0 Å².